The zero-order valence-electron chi connectivity index (χ0n) is 15.6. The van der Waals surface area contributed by atoms with Crippen molar-refractivity contribution in [3.8, 4) is 11.3 Å². The van der Waals surface area contributed by atoms with Gasteiger partial charge in [0, 0.05) is 19.7 Å². The van der Waals surface area contributed by atoms with E-state index < -0.39 is 23.8 Å². The van der Waals surface area contributed by atoms with Crippen LogP contribution in [0, 0.1) is 0 Å². The molecule has 1 saturated heterocycles. The molecule has 28 heavy (non-hydrogen) atoms. The summed E-state index contributed by atoms with van der Waals surface area (Å²) in [6.45, 7) is 2.03. The predicted molar refractivity (Wildman–Crippen MR) is 99.0 cm³/mol. The van der Waals surface area contributed by atoms with Crippen molar-refractivity contribution in [1.29, 1.82) is 0 Å². The van der Waals surface area contributed by atoms with Crippen molar-refractivity contribution in [3.63, 3.8) is 0 Å². The molecule has 144 valence electrons. The van der Waals surface area contributed by atoms with Crippen molar-refractivity contribution in [2.24, 2.45) is 0 Å². The molecule has 1 aromatic heterocycles. The minimum atomic E-state index is -0.690. The van der Waals surface area contributed by atoms with Crippen LogP contribution in [0.2, 0.25) is 0 Å². The quantitative estimate of drug-likeness (QED) is 0.458. The van der Waals surface area contributed by atoms with Crippen LogP contribution >= 0.6 is 0 Å². The molecule has 0 unspecified atom stereocenters. The van der Waals surface area contributed by atoms with Gasteiger partial charge in [-0.1, -0.05) is 12.1 Å². The van der Waals surface area contributed by atoms with E-state index in [0.29, 0.717) is 23.5 Å². The number of carbonyl (C=O) groups excluding carboxylic acids is 4. The number of esters is 1. The molecule has 4 amide bonds. The van der Waals surface area contributed by atoms with E-state index in [9.17, 15) is 19.2 Å². The first-order chi connectivity index (χ1) is 13.3. The predicted octanol–water partition coefficient (Wildman–Crippen LogP) is 2.56. The van der Waals surface area contributed by atoms with Gasteiger partial charge in [-0.25, -0.2) is 9.59 Å². The maximum Gasteiger partial charge on any atom is 0.338 e. The molecule has 3 rings (SSSR count). The molecule has 1 aromatic carbocycles. The highest BCUT2D eigenvalue weighted by Gasteiger charge is 2.38. The van der Waals surface area contributed by atoms with Crippen LogP contribution in [0.15, 0.2) is 46.4 Å². The number of ether oxygens (including phenoxy) is 1. The minimum absolute atomic E-state index is 0.164. The van der Waals surface area contributed by atoms with Crippen molar-refractivity contribution in [3.05, 3.63) is 53.3 Å². The number of rotatable bonds is 4. The van der Waals surface area contributed by atoms with E-state index in [1.807, 2.05) is 0 Å². The van der Waals surface area contributed by atoms with E-state index in [1.54, 1.807) is 43.3 Å². The molecule has 0 spiro atoms. The number of imide groups is 2. The fourth-order valence-corrected chi connectivity index (χ4v) is 2.69. The van der Waals surface area contributed by atoms with Gasteiger partial charge in [-0.3, -0.25) is 19.4 Å². The van der Waals surface area contributed by atoms with Crippen molar-refractivity contribution in [2.45, 2.75) is 6.92 Å². The van der Waals surface area contributed by atoms with Gasteiger partial charge in [0.2, 0.25) is 0 Å². The highest BCUT2D eigenvalue weighted by atomic mass is 16.5. The summed E-state index contributed by atoms with van der Waals surface area (Å²) in [5, 5.41) is 0. The highest BCUT2D eigenvalue weighted by molar-refractivity contribution is 6.30. The number of benzene rings is 1. The first-order valence-electron chi connectivity index (χ1n) is 8.52. The Morgan fingerprint density at radius 3 is 2.18 bits per heavy atom. The fourth-order valence-electron chi connectivity index (χ4n) is 2.69. The van der Waals surface area contributed by atoms with Crippen LogP contribution in [0.3, 0.4) is 0 Å². The Kier molecular flexibility index (Phi) is 5.12. The van der Waals surface area contributed by atoms with E-state index in [4.69, 9.17) is 9.15 Å². The minimum Gasteiger partial charge on any atom is -0.462 e. The molecule has 0 aliphatic carbocycles. The highest BCUT2D eigenvalue weighted by Crippen LogP contribution is 2.25. The largest absolute Gasteiger partial charge is 0.462 e. The Bertz CT molecular complexity index is 960. The van der Waals surface area contributed by atoms with Crippen LogP contribution in [-0.2, 0) is 14.3 Å². The summed E-state index contributed by atoms with van der Waals surface area (Å²) in [7, 11) is 2.61. The molecular formula is C20H18N2O6. The first kappa shape index (κ1) is 19.1. The molecule has 0 bridgehead atoms. The lowest BCUT2D eigenvalue weighted by molar-refractivity contribution is -0.134. The van der Waals surface area contributed by atoms with Crippen molar-refractivity contribution in [1.82, 2.24) is 9.80 Å². The van der Waals surface area contributed by atoms with Gasteiger partial charge in [0.05, 0.1) is 12.2 Å². The number of likely N-dealkylation sites (N-methyl/N-ethyl adjacent to an activating group) is 2. The molecule has 8 heteroatoms. The van der Waals surface area contributed by atoms with Gasteiger partial charge in [-0.15, -0.1) is 0 Å². The number of amides is 4. The third-order valence-corrected chi connectivity index (χ3v) is 4.24. The second-order valence-electron chi connectivity index (χ2n) is 6.07. The van der Waals surface area contributed by atoms with E-state index in [0.717, 1.165) is 9.80 Å². The second kappa shape index (κ2) is 7.51. The standard InChI is InChI=1S/C20H18N2O6/c1-4-27-19(25)13-7-5-12(6-8-13)16-10-9-14(28-16)11-15-17(23)21(2)20(26)22(3)18(15)24/h5-11H,4H2,1-3H3. The van der Waals surface area contributed by atoms with Crippen LogP contribution in [0.4, 0.5) is 4.79 Å². The summed E-state index contributed by atoms with van der Waals surface area (Å²) < 4.78 is 10.6. The maximum atomic E-state index is 12.2. The van der Waals surface area contributed by atoms with Gasteiger partial charge < -0.3 is 9.15 Å². The zero-order chi connectivity index (χ0) is 20.4. The van der Waals surface area contributed by atoms with Crippen molar-refractivity contribution < 1.29 is 28.3 Å². The number of barbiturate groups is 1. The number of hydrogen-bond acceptors (Lipinski definition) is 6. The molecule has 0 atom stereocenters. The molecule has 8 nitrogen and oxygen atoms in total. The molecule has 2 heterocycles. The van der Waals surface area contributed by atoms with Gasteiger partial charge >= 0.3 is 12.0 Å². The van der Waals surface area contributed by atoms with Crippen molar-refractivity contribution in [2.75, 3.05) is 20.7 Å². The monoisotopic (exact) mass is 382 g/mol. The van der Waals surface area contributed by atoms with E-state index in [2.05, 4.69) is 0 Å². The van der Waals surface area contributed by atoms with Gasteiger partial charge in [-0.2, -0.15) is 0 Å². The Morgan fingerprint density at radius 2 is 1.61 bits per heavy atom. The second-order valence-corrected chi connectivity index (χ2v) is 6.07. The molecule has 0 radical (unpaired) electrons. The Morgan fingerprint density at radius 1 is 1.00 bits per heavy atom. The topological polar surface area (TPSA) is 97.1 Å². The number of hydrogen-bond donors (Lipinski definition) is 0. The van der Waals surface area contributed by atoms with Crippen molar-refractivity contribution >= 4 is 29.9 Å². The molecule has 2 aromatic rings. The first-order valence-corrected chi connectivity index (χ1v) is 8.52. The average Bonchev–Trinajstić information content (AvgIpc) is 3.17. The summed E-state index contributed by atoms with van der Waals surface area (Å²) >= 11 is 0. The Balaban J connectivity index is 1.85. The van der Waals surface area contributed by atoms with E-state index in [1.165, 1.54) is 20.2 Å². The Hall–Kier alpha value is -3.68. The summed E-state index contributed by atoms with van der Waals surface area (Å²) in [5.74, 6) is -1.00. The Labute approximate surface area is 161 Å². The number of carbonyl (C=O) groups is 4. The van der Waals surface area contributed by atoms with Gasteiger partial charge in [0.15, 0.2) is 0 Å². The third kappa shape index (κ3) is 3.44. The van der Waals surface area contributed by atoms with Crippen LogP contribution in [0.5, 0.6) is 0 Å². The molecule has 1 aliphatic rings. The zero-order valence-corrected chi connectivity index (χ0v) is 15.6. The molecule has 1 aliphatic heterocycles. The summed E-state index contributed by atoms with van der Waals surface area (Å²) in [6.07, 6.45) is 1.31. The van der Waals surface area contributed by atoms with Crippen LogP contribution in [-0.4, -0.2) is 54.3 Å². The molecule has 0 saturated carbocycles. The third-order valence-electron chi connectivity index (χ3n) is 4.24. The van der Waals surface area contributed by atoms with Gasteiger partial charge in [0.1, 0.15) is 17.1 Å². The lowest BCUT2D eigenvalue weighted by Crippen LogP contribution is -2.52. The summed E-state index contributed by atoms with van der Waals surface area (Å²) in [5.41, 5.74) is 0.972. The number of urea groups is 1. The van der Waals surface area contributed by atoms with E-state index in [-0.39, 0.29) is 11.3 Å². The van der Waals surface area contributed by atoms with E-state index >= 15 is 0 Å². The van der Waals surface area contributed by atoms with Gasteiger partial charge in [0.25, 0.3) is 11.8 Å². The maximum absolute atomic E-state index is 12.2. The fraction of sp³-hybridized carbons (Fsp3) is 0.200. The number of nitrogens with zero attached hydrogens (tertiary/aromatic N) is 2. The smallest absolute Gasteiger partial charge is 0.338 e. The van der Waals surface area contributed by atoms with Crippen LogP contribution in [0.25, 0.3) is 17.4 Å². The SMILES string of the molecule is CCOC(=O)c1ccc(-c2ccc(C=C3C(=O)N(C)C(=O)N(C)C3=O)o2)cc1. The number of furan rings is 1. The normalized spacial score (nSPS) is 14.5. The van der Waals surface area contributed by atoms with Gasteiger partial charge in [-0.05, 0) is 37.3 Å². The molecular weight excluding hydrogens is 364 g/mol. The lowest BCUT2D eigenvalue weighted by atomic mass is 10.1. The molecule has 0 N–H and O–H groups in total. The molecule has 1 fully saturated rings. The van der Waals surface area contributed by atoms with Crippen LogP contribution in [0.1, 0.15) is 23.0 Å². The van der Waals surface area contributed by atoms with Crippen LogP contribution < -0.4 is 0 Å². The average molecular weight is 382 g/mol. The summed E-state index contributed by atoms with van der Waals surface area (Å²) in [6, 6.07) is 9.27. The summed E-state index contributed by atoms with van der Waals surface area (Å²) in [4.78, 5) is 49.7. The lowest BCUT2D eigenvalue weighted by Gasteiger charge is -2.28.